The van der Waals surface area contributed by atoms with Crippen LogP contribution < -0.4 is 11.4 Å². The highest BCUT2D eigenvalue weighted by Gasteiger charge is 1.80. The largest absolute Gasteiger partial charge is 0.385 e. The number of hydrogen-bond donors (Lipinski definition) is 2. The van der Waals surface area contributed by atoms with Crippen molar-refractivity contribution in [3.05, 3.63) is 22.7 Å². The molecular weight excluding hydrogens is 130 g/mol. The number of aromatic nitrogens is 2. The predicted molar refractivity (Wildman–Crippen MR) is 42.7 cm³/mol. The van der Waals surface area contributed by atoms with E-state index in [1.165, 1.54) is 12.3 Å². The van der Waals surface area contributed by atoms with E-state index in [9.17, 15) is 4.79 Å². The normalized spacial score (nSPS) is 7.20. The summed E-state index contributed by atoms with van der Waals surface area (Å²) in [5.41, 5.74) is 4.75. The monoisotopic (exact) mass is 143 g/mol. The van der Waals surface area contributed by atoms with Crippen LogP contribution in [-0.4, -0.2) is 9.97 Å². The summed E-state index contributed by atoms with van der Waals surface area (Å²) in [5, 5.41) is 0. The van der Waals surface area contributed by atoms with Gasteiger partial charge in [0.15, 0.2) is 0 Å². The molecule has 1 rings (SSSR count). The Hall–Kier alpha value is -1.32. The quantitative estimate of drug-likeness (QED) is 0.559. The number of nitrogens with one attached hydrogen (secondary N) is 1. The van der Waals surface area contributed by atoms with Crippen molar-refractivity contribution in [2.75, 3.05) is 5.73 Å². The maximum atomic E-state index is 10.2. The van der Waals surface area contributed by atoms with Gasteiger partial charge in [0.25, 0.3) is 0 Å². The van der Waals surface area contributed by atoms with Gasteiger partial charge in [-0.2, -0.15) is 0 Å². The fourth-order valence-electron chi connectivity index (χ4n) is 0.383. The first-order valence-electron chi connectivity index (χ1n) is 2.10. The zero-order valence-electron chi connectivity index (χ0n) is 4.09. The standard InChI is InChI=1S/C4H5N3O.2CH4/c5-3-1-2-6-4(8)7-3;;/h1-2H,(H3,5,6,7,8);2*1H4. The predicted octanol–water partition coefficient (Wildman–Crippen LogP) is 0.624. The van der Waals surface area contributed by atoms with Crippen LogP contribution >= 0.6 is 0 Å². The van der Waals surface area contributed by atoms with Crippen LogP contribution in [0.4, 0.5) is 5.82 Å². The Bertz CT molecular complexity index is 230. The van der Waals surface area contributed by atoms with Gasteiger partial charge in [0.05, 0.1) is 0 Å². The van der Waals surface area contributed by atoms with Crippen molar-refractivity contribution in [3.63, 3.8) is 0 Å². The second-order valence-corrected chi connectivity index (χ2v) is 1.33. The van der Waals surface area contributed by atoms with Crippen LogP contribution in [0.15, 0.2) is 17.1 Å². The van der Waals surface area contributed by atoms with E-state index in [0.29, 0.717) is 5.82 Å². The molecule has 10 heavy (non-hydrogen) atoms. The van der Waals surface area contributed by atoms with Crippen LogP contribution in [0.3, 0.4) is 0 Å². The highest BCUT2D eigenvalue weighted by atomic mass is 16.1. The first-order chi connectivity index (χ1) is 3.79. The third kappa shape index (κ3) is 2.86. The van der Waals surface area contributed by atoms with Gasteiger partial charge < -0.3 is 5.73 Å². The molecule has 3 N–H and O–H groups in total. The molecule has 0 amide bonds. The minimum atomic E-state index is -0.412. The lowest BCUT2D eigenvalue weighted by atomic mass is 10.6. The lowest BCUT2D eigenvalue weighted by molar-refractivity contribution is 1.08. The van der Waals surface area contributed by atoms with Gasteiger partial charge in [0, 0.05) is 6.20 Å². The molecule has 58 valence electrons. The van der Waals surface area contributed by atoms with Crippen LogP contribution in [0.25, 0.3) is 0 Å². The Morgan fingerprint density at radius 3 is 2.40 bits per heavy atom. The molecule has 0 bridgehead atoms. The molecule has 0 aliphatic rings. The molecule has 1 heterocycles. The van der Waals surface area contributed by atoms with Gasteiger partial charge in [0.2, 0.25) is 0 Å². The molecule has 0 aliphatic carbocycles. The Morgan fingerprint density at radius 2 is 2.10 bits per heavy atom. The van der Waals surface area contributed by atoms with Crippen molar-refractivity contribution < 1.29 is 0 Å². The first kappa shape index (κ1) is 11.5. The molecule has 0 unspecified atom stereocenters. The van der Waals surface area contributed by atoms with E-state index >= 15 is 0 Å². The van der Waals surface area contributed by atoms with E-state index in [0.717, 1.165) is 0 Å². The maximum Gasteiger partial charge on any atom is 0.346 e. The average molecular weight is 143 g/mol. The number of H-pyrrole nitrogens is 1. The number of nitrogen functional groups attached to an aromatic ring is 1. The van der Waals surface area contributed by atoms with Crippen molar-refractivity contribution in [1.29, 1.82) is 0 Å². The van der Waals surface area contributed by atoms with Crippen LogP contribution in [0.1, 0.15) is 14.9 Å². The van der Waals surface area contributed by atoms with Crippen LogP contribution in [0, 0.1) is 0 Å². The fourth-order valence-corrected chi connectivity index (χ4v) is 0.383. The Morgan fingerprint density at radius 1 is 1.50 bits per heavy atom. The molecule has 4 heteroatoms. The summed E-state index contributed by atoms with van der Waals surface area (Å²) in [4.78, 5) is 15.9. The molecule has 0 fully saturated rings. The van der Waals surface area contributed by atoms with Crippen molar-refractivity contribution in [2.45, 2.75) is 14.9 Å². The van der Waals surface area contributed by atoms with E-state index in [-0.39, 0.29) is 14.9 Å². The molecule has 4 nitrogen and oxygen atoms in total. The van der Waals surface area contributed by atoms with E-state index in [1.54, 1.807) is 0 Å². The van der Waals surface area contributed by atoms with E-state index in [4.69, 9.17) is 5.73 Å². The molecule has 0 aromatic carbocycles. The third-order valence-corrected chi connectivity index (χ3v) is 0.697. The Balaban J connectivity index is 0. The van der Waals surface area contributed by atoms with E-state index in [2.05, 4.69) is 9.97 Å². The second kappa shape index (κ2) is 4.55. The number of rotatable bonds is 0. The smallest absolute Gasteiger partial charge is 0.346 e. The number of nitrogens with two attached hydrogens (primary N) is 1. The lowest BCUT2D eigenvalue weighted by Gasteiger charge is -1.84. The number of hydrogen-bond acceptors (Lipinski definition) is 3. The molecule has 0 radical (unpaired) electrons. The molecule has 0 atom stereocenters. The van der Waals surface area contributed by atoms with Crippen LogP contribution in [-0.2, 0) is 0 Å². The average Bonchev–Trinajstić information content (AvgIpc) is 1.64. The summed E-state index contributed by atoms with van der Waals surface area (Å²) in [5.74, 6) is 0.338. The molecule has 0 saturated heterocycles. The summed E-state index contributed by atoms with van der Waals surface area (Å²) < 4.78 is 0. The first-order valence-corrected chi connectivity index (χ1v) is 2.10. The van der Waals surface area contributed by atoms with Gasteiger partial charge in [-0.3, -0.25) is 4.98 Å². The van der Waals surface area contributed by atoms with E-state index in [1.807, 2.05) is 0 Å². The number of nitrogens with zero attached hydrogens (tertiary/aromatic N) is 1. The molecule has 0 saturated carbocycles. The van der Waals surface area contributed by atoms with Crippen LogP contribution in [0.5, 0.6) is 0 Å². The summed E-state index contributed by atoms with van der Waals surface area (Å²) in [6.07, 6.45) is 1.36. The number of aromatic amines is 1. The van der Waals surface area contributed by atoms with Gasteiger partial charge >= 0.3 is 5.69 Å². The van der Waals surface area contributed by atoms with Gasteiger partial charge in [-0.1, -0.05) is 14.9 Å². The highest BCUT2D eigenvalue weighted by Crippen LogP contribution is 1.82. The lowest BCUT2D eigenvalue weighted by Crippen LogP contribution is -2.10. The van der Waals surface area contributed by atoms with Gasteiger partial charge in [0.1, 0.15) is 5.82 Å². The summed E-state index contributed by atoms with van der Waals surface area (Å²) in [6, 6.07) is 1.52. The Kier molecular flexibility index (Phi) is 5.22. The second-order valence-electron chi connectivity index (χ2n) is 1.33. The summed E-state index contributed by atoms with van der Waals surface area (Å²) >= 11 is 0. The maximum absolute atomic E-state index is 10.2. The van der Waals surface area contributed by atoms with Gasteiger partial charge in [-0.05, 0) is 6.07 Å². The zero-order chi connectivity index (χ0) is 5.98. The highest BCUT2D eigenvalue weighted by molar-refractivity contribution is 5.22. The summed E-state index contributed by atoms with van der Waals surface area (Å²) in [7, 11) is 0. The van der Waals surface area contributed by atoms with Crippen LogP contribution in [0.2, 0.25) is 0 Å². The van der Waals surface area contributed by atoms with Gasteiger partial charge in [-0.15, -0.1) is 0 Å². The molecule has 0 spiro atoms. The van der Waals surface area contributed by atoms with Gasteiger partial charge in [-0.25, -0.2) is 9.78 Å². The molecule has 1 aromatic rings. The minimum absolute atomic E-state index is 0. The molecule has 0 aliphatic heterocycles. The van der Waals surface area contributed by atoms with Crippen molar-refractivity contribution in [3.8, 4) is 0 Å². The minimum Gasteiger partial charge on any atom is -0.385 e. The molecule has 1 aromatic heterocycles. The van der Waals surface area contributed by atoms with E-state index < -0.39 is 5.69 Å². The summed E-state index contributed by atoms with van der Waals surface area (Å²) in [6.45, 7) is 0. The van der Waals surface area contributed by atoms with Crippen molar-refractivity contribution in [2.24, 2.45) is 0 Å². The topological polar surface area (TPSA) is 71.8 Å². The Labute approximate surface area is 60.1 Å². The van der Waals surface area contributed by atoms with Crippen molar-refractivity contribution >= 4 is 5.82 Å². The number of anilines is 1. The zero-order valence-corrected chi connectivity index (χ0v) is 4.09. The van der Waals surface area contributed by atoms with Crippen molar-refractivity contribution in [1.82, 2.24) is 9.97 Å². The SMILES string of the molecule is C.C.Nc1ccnc(=O)[nH]1. The third-order valence-electron chi connectivity index (χ3n) is 0.697. The fraction of sp³-hybridized carbons (Fsp3) is 0.333. The molecular formula is C6H13N3O.